The molecule has 2 aromatic rings. The summed E-state index contributed by atoms with van der Waals surface area (Å²) in [6.07, 6.45) is 0. The lowest BCUT2D eigenvalue weighted by Gasteiger charge is -2.12. The van der Waals surface area contributed by atoms with E-state index >= 15 is 0 Å². The highest BCUT2D eigenvalue weighted by molar-refractivity contribution is 5.92. The van der Waals surface area contributed by atoms with Crippen molar-refractivity contribution >= 4 is 5.97 Å². The van der Waals surface area contributed by atoms with E-state index in [4.69, 9.17) is 14.2 Å². The molecule has 0 saturated carbocycles. The van der Waals surface area contributed by atoms with Crippen LogP contribution < -0.4 is 14.2 Å². The summed E-state index contributed by atoms with van der Waals surface area (Å²) in [6, 6.07) is 9.57. The predicted octanol–water partition coefficient (Wildman–Crippen LogP) is 2.59. The van der Waals surface area contributed by atoms with Crippen LogP contribution >= 0.6 is 0 Å². The van der Waals surface area contributed by atoms with E-state index in [1.165, 1.54) is 20.3 Å². The summed E-state index contributed by atoms with van der Waals surface area (Å²) in [5.41, 5.74) is -0.00558. The number of hydrogen-bond acceptors (Lipinski definition) is 5. The van der Waals surface area contributed by atoms with Gasteiger partial charge in [-0.2, -0.15) is 4.98 Å². The predicted molar refractivity (Wildman–Crippen MR) is 70.8 cm³/mol. The summed E-state index contributed by atoms with van der Waals surface area (Å²) in [5, 5.41) is 9.18. The number of ether oxygens (including phenoxy) is 3. The van der Waals surface area contributed by atoms with Crippen LogP contribution in [0.1, 0.15) is 10.4 Å². The molecule has 2 rings (SSSR count). The highest BCUT2D eigenvalue weighted by Gasteiger charge is 2.17. The van der Waals surface area contributed by atoms with Gasteiger partial charge in [0.25, 0.3) is 0 Å². The molecule has 0 bridgehead atoms. The molecule has 0 amide bonds. The van der Waals surface area contributed by atoms with Gasteiger partial charge in [0.1, 0.15) is 5.56 Å². The van der Waals surface area contributed by atoms with Gasteiger partial charge in [-0.1, -0.05) is 12.1 Å². The van der Waals surface area contributed by atoms with Crippen LogP contribution in [-0.2, 0) is 0 Å². The lowest BCUT2D eigenvalue weighted by molar-refractivity contribution is 0.0693. The maximum absolute atomic E-state index is 11.2. The van der Waals surface area contributed by atoms with Crippen LogP contribution in [0.5, 0.6) is 23.3 Å². The van der Waals surface area contributed by atoms with E-state index in [0.29, 0.717) is 11.6 Å². The van der Waals surface area contributed by atoms with E-state index in [9.17, 15) is 9.90 Å². The molecule has 1 aromatic heterocycles. The quantitative estimate of drug-likeness (QED) is 0.903. The summed E-state index contributed by atoms with van der Waals surface area (Å²) in [5.74, 6) is -0.106. The molecule has 6 heteroatoms. The number of nitrogens with zero attached hydrogens (tertiary/aromatic N) is 1. The van der Waals surface area contributed by atoms with Crippen molar-refractivity contribution in [1.29, 1.82) is 0 Å². The number of carbonyl (C=O) groups is 1. The maximum Gasteiger partial charge on any atom is 0.339 e. The van der Waals surface area contributed by atoms with Crippen LogP contribution in [0.4, 0.5) is 0 Å². The molecule has 0 atom stereocenters. The Bertz CT molecular complexity index is 627. The van der Waals surface area contributed by atoms with Crippen LogP contribution in [-0.4, -0.2) is 30.3 Å². The van der Waals surface area contributed by atoms with Gasteiger partial charge in [-0.3, -0.25) is 0 Å². The fourth-order valence-corrected chi connectivity index (χ4v) is 1.62. The Labute approximate surface area is 115 Å². The zero-order valence-corrected chi connectivity index (χ0v) is 11.0. The monoisotopic (exact) mass is 275 g/mol. The first-order valence-corrected chi connectivity index (χ1v) is 5.75. The summed E-state index contributed by atoms with van der Waals surface area (Å²) in [7, 11) is 2.92. The molecule has 0 aliphatic rings. The third kappa shape index (κ3) is 2.80. The number of carboxylic acid groups (broad SMARTS) is 1. The van der Waals surface area contributed by atoms with Gasteiger partial charge < -0.3 is 19.3 Å². The van der Waals surface area contributed by atoms with Gasteiger partial charge >= 0.3 is 5.97 Å². The van der Waals surface area contributed by atoms with Gasteiger partial charge in [0.15, 0.2) is 11.5 Å². The number of aromatic nitrogens is 1. The van der Waals surface area contributed by atoms with Crippen molar-refractivity contribution in [3.05, 3.63) is 42.0 Å². The van der Waals surface area contributed by atoms with Crippen LogP contribution in [0, 0.1) is 0 Å². The van der Waals surface area contributed by atoms with E-state index in [2.05, 4.69) is 4.98 Å². The molecule has 0 saturated heterocycles. The first-order chi connectivity index (χ1) is 9.65. The van der Waals surface area contributed by atoms with Crippen molar-refractivity contribution in [1.82, 2.24) is 4.98 Å². The molecule has 1 N–H and O–H groups in total. The maximum atomic E-state index is 11.2. The Morgan fingerprint density at radius 1 is 1.05 bits per heavy atom. The molecule has 0 aliphatic carbocycles. The van der Waals surface area contributed by atoms with Crippen molar-refractivity contribution in [3.63, 3.8) is 0 Å². The van der Waals surface area contributed by atoms with Gasteiger partial charge in [-0.25, -0.2) is 4.79 Å². The third-order valence-corrected chi connectivity index (χ3v) is 2.54. The zero-order valence-electron chi connectivity index (χ0n) is 11.0. The second-order valence-electron chi connectivity index (χ2n) is 3.76. The Morgan fingerprint density at radius 2 is 1.75 bits per heavy atom. The second kappa shape index (κ2) is 5.92. The number of aromatic carboxylic acids is 1. The van der Waals surface area contributed by atoms with E-state index in [-0.39, 0.29) is 17.2 Å². The van der Waals surface area contributed by atoms with Crippen LogP contribution in [0.3, 0.4) is 0 Å². The largest absolute Gasteiger partial charge is 0.493 e. The minimum Gasteiger partial charge on any atom is -0.493 e. The minimum absolute atomic E-state index is 0.00558. The van der Waals surface area contributed by atoms with Gasteiger partial charge in [0, 0.05) is 12.1 Å². The summed E-state index contributed by atoms with van der Waals surface area (Å²) in [6.45, 7) is 0. The fourth-order valence-electron chi connectivity index (χ4n) is 1.62. The Balaban J connectivity index is 2.43. The lowest BCUT2D eigenvalue weighted by Crippen LogP contribution is -2.02. The highest BCUT2D eigenvalue weighted by atomic mass is 16.5. The molecule has 0 aliphatic heterocycles. The topological polar surface area (TPSA) is 77.9 Å². The smallest absolute Gasteiger partial charge is 0.339 e. The number of pyridine rings is 1. The molecule has 20 heavy (non-hydrogen) atoms. The summed E-state index contributed by atoms with van der Waals surface area (Å²) >= 11 is 0. The van der Waals surface area contributed by atoms with Crippen LogP contribution in [0.2, 0.25) is 0 Å². The van der Waals surface area contributed by atoms with E-state index in [1.54, 1.807) is 30.3 Å². The molecule has 0 unspecified atom stereocenters. The molecule has 6 nitrogen and oxygen atoms in total. The average Bonchev–Trinajstić information content (AvgIpc) is 2.47. The fraction of sp³-hybridized carbons (Fsp3) is 0.143. The molecule has 0 fully saturated rings. The second-order valence-corrected chi connectivity index (χ2v) is 3.76. The van der Waals surface area contributed by atoms with Gasteiger partial charge in [0.2, 0.25) is 11.8 Å². The summed E-state index contributed by atoms with van der Waals surface area (Å²) < 4.78 is 15.6. The number of rotatable bonds is 5. The molecule has 104 valence electrons. The first-order valence-electron chi connectivity index (χ1n) is 5.75. The van der Waals surface area contributed by atoms with Crippen molar-refractivity contribution in [2.24, 2.45) is 0 Å². The van der Waals surface area contributed by atoms with Crippen molar-refractivity contribution < 1.29 is 24.1 Å². The number of carboxylic acids is 1. The third-order valence-electron chi connectivity index (χ3n) is 2.54. The Kier molecular flexibility index (Phi) is 4.05. The van der Waals surface area contributed by atoms with Crippen LogP contribution in [0.15, 0.2) is 36.4 Å². The number of benzene rings is 1. The number of hydrogen-bond donors (Lipinski definition) is 1. The van der Waals surface area contributed by atoms with Gasteiger partial charge in [-0.15, -0.1) is 0 Å². The molecule has 1 heterocycles. The standard InChI is InChI=1S/C14H13NO5/c1-18-10-6-3-5-9(14(16)17)13(10)20-12-8-4-7-11(15-12)19-2/h3-8H,1-2H3,(H,16,17). The van der Waals surface area contributed by atoms with E-state index in [0.717, 1.165) is 0 Å². The Hall–Kier alpha value is -2.76. The lowest BCUT2D eigenvalue weighted by atomic mass is 10.2. The van der Waals surface area contributed by atoms with Gasteiger partial charge in [0.05, 0.1) is 14.2 Å². The van der Waals surface area contributed by atoms with Crippen molar-refractivity contribution in [3.8, 4) is 23.3 Å². The summed E-state index contributed by atoms with van der Waals surface area (Å²) in [4.78, 5) is 15.3. The SMILES string of the molecule is COc1cccc(Oc2c(OC)cccc2C(=O)O)n1. The first kappa shape index (κ1) is 13.7. The van der Waals surface area contributed by atoms with E-state index < -0.39 is 5.97 Å². The highest BCUT2D eigenvalue weighted by Crippen LogP contribution is 2.34. The molecule has 0 spiro atoms. The molecule has 0 radical (unpaired) electrons. The average molecular weight is 275 g/mol. The zero-order chi connectivity index (χ0) is 14.5. The van der Waals surface area contributed by atoms with Crippen LogP contribution in [0.25, 0.3) is 0 Å². The number of para-hydroxylation sites is 1. The molecular weight excluding hydrogens is 262 g/mol. The minimum atomic E-state index is -1.11. The molecule has 1 aromatic carbocycles. The van der Waals surface area contributed by atoms with Gasteiger partial charge in [-0.05, 0) is 12.1 Å². The number of methoxy groups -OCH3 is 2. The van der Waals surface area contributed by atoms with Crippen molar-refractivity contribution in [2.45, 2.75) is 0 Å². The normalized spacial score (nSPS) is 9.90. The Morgan fingerprint density at radius 3 is 2.40 bits per heavy atom. The van der Waals surface area contributed by atoms with E-state index in [1.807, 2.05) is 0 Å². The van der Waals surface area contributed by atoms with Crippen molar-refractivity contribution in [2.75, 3.05) is 14.2 Å². The molecular formula is C14H13NO5.